The summed E-state index contributed by atoms with van der Waals surface area (Å²) in [6.45, 7) is -0.473. The molecule has 0 aromatic heterocycles. The number of halogens is 1. The van der Waals surface area contributed by atoms with E-state index in [-0.39, 0.29) is 6.79 Å². The van der Waals surface area contributed by atoms with Crippen LogP contribution in [-0.4, -0.2) is 26.5 Å². The van der Waals surface area contributed by atoms with Crippen LogP contribution in [0.15, 0.2) is 0 Å². The number of hydrogen-bond donors (Lipinski definition) is 0. The zero-order valence-electron chi connectivity index (χ0n) is 4.93. The molecule has 0 radical (unpaired) electrons. The predicted octanol–water partition coefficient (Wildman–Crippen LogP) is 0.0346. The molecule has 0 aromatic carbocycles. The Labute approximate surface area is 51.4 Å². The molecule has 0 spiro atoms. The first-order valence-electron chi connectivity index (χ1n) is 2.19. The fraction of sp³-hybridized carbons (Fsp3) is 0.750. The van der Waals surface area contributed by atoms with Crippen molar-refractivity contribution < 1.29 is 23.7 Å². The molecular formula is C4H7FO4. The van der Waals surface area contributed by atoms with E-state index in [1.807, 2.05) is 0 Å². The van der Waals surface area contributed by atoms with Crippen molar-refractivity contribution in [2.45, 2.75) is 0 Å². The van der Waals surface area contributed by atoms with E-state index in [0.29, 0.717) is 0 Å². The molecule has 5 heteroatoms. The molecule has 0 rings (SSSR count). The van der Waals surface area contributed by atoms with Gasteiger partial charge in [0.1, 0.15) is 6.79 Å². The number of rotatable bonds is 4. The molecule has 4 nitrogen and oxygen atoms in total. The van der Waals surface area contributed by atoms with Crippen LogP contribution >= 0.6 is 0 Å². The monoisotopic (exact) mass is 138 g/mol. The third kappa shape index (κ3) is 5.19. The summed E-state index contributed by atoms with van der Waals surface area (Å²) in [6, 6.07) is 0. The number of hydrogen-bond acceptors (Lipinski definition) is 4. The fourth-order valence-electron chi connectivity index (χ4n) is 0.231. The van der Waals surface area contributed by atoms with E-state index in [2.05, 4.69) is 14.4 Å². The highest BCUT2D eigenvalue weighted by atomic mass is 19.3. The SMILES string of the molecule is COCOCC(=O)OF. The van der Waals surface area contributed by atoms with Gasteiger partial charge in [-0.25, -0.2) is 4.79 Å². The van der Waals surface area contributed by atoms with Gasteiger partial charge in [-0.3, -0.25) is 4.94 Å². The van der Waals surface area contributed by atoms with E-state index in [0.717, 1.165) is 0 Å². The second kappa shape index (κ2) is 5.46. The van der Waals surface area contributed by atoms with Gasteiger partial charge in [0.25, 0.3) is 0 Å². The van der Waals surface area contributed by atoms with E-state index in [1.54, 1.807) is 0 Å². The topological polar surface area (TPSA) is 44.8 Å². The largest absolute Gasteiger partial charge is 0.374 e. The zero-order chi connectivity index (χ0) is 7.11. The van der Waals surface area contributed by atoms with Crippen LogP contribution in [0.3, 0.4) is 0 Å². The minimum atomic E-state index is -1.06. The van der Waals surface area contributed by atoms with Gasteiger partial charge < -0.3 is 9.47 Å². The maximum atomic E-state index is 10.8. The number of methoxy groups -OCH3 is 1. The summed E-state index contributed by atoms with van der Waals surface area (Å²) in [5, 5.41) is 0. The van der Waals surface area contributed by atoms with Gasteiger partial charge in [-0.1, -0.05) is 0 Å². The van der Waals surface area contributed by atoms with E-state index in [1.165, 1.54) is 7.11 Å². The molecule has 0 saturated carbocycles. The summed E-state index contributed by atoms with van der Waals surface area (Å²) >= 11 is 0. The highest BCUT2D eigenvalue weighted by Gasteiger charge is 2.00. The summed E-state index contributed by atoms with van der Waals surface area (Å²) in [5.41, 5.74) is 0. The quantitative estimate of drug-likeness (QED) is 0.406. The smallest absolute Gasteiger partial charge is 0.359 e. The molecule has 0 fully saturated rings. The number of carbonyl (C=O) groups is 1. The summed E-state index contributed by atoms with van der Waals surface area (Å²) in [5.74, 6) is -1.06. The van der Waals surface area contributed by atoms with Gasteiger partial charge in [0.05, 0.1) is 0 Å². The highest BCUT2D eigenvalue weighted by molar-refractivity contribution is 5.69. The van der Waals surface area contributed by atoms with E-state index >= 15 is 0 Å². The van der Waals surface area contributed by atoms with Gasteiger partial charge in [0, 0.05) is 11.6 Å². The summed E-state index contributed by atoms with van der Waals surface area (Å²) in [4.78, 5) is 12.7. The normalized spacial score (nSPS) is 9.11. The van der Waals surface area contributed by atoms with E-state index in [9.17, 15) is 9.32 Å². The van der Waals surface area contributed by atoms with Gasteiger partial charge in [0.2, 0.25) is 0 Å². The summed E-state index contributed by atoms with van der Waals surface area (Å²) < 4.78 is 19.6. The lowest BCUT2D eigenvalue weighted by Crippen LogP contribution is -2.09. The Bertz CT molecular complexity index is 84.6. The minimum Gasteiger partial charge on any atom is -0.359 e. The van der Waals surface area contributed by atoms with Crippen LogP contribution in [0.5, 0.6) is 0 Å². The lowest BCUT2D eigenvalue weighted by molar-refractivity contribution is -0.192. The summed E-state index contributed by atoms with van der Waals surface area (Å²) in [6.07, 6.45) is 0. The van der Waals surface area contributed by atoms with Crippen molar-refractivity contribution in [1.82, 2.24) is 0 Å². The summed E-state index contributed by atoms with van der Waals surface area (Å²) in [7, 11) is 1.39. The lowest BCUT2D eigenvalue weighted by atomic mass is 10.7. The second-order valence-electron chi connectivity index (χ2n) is 1.20. The van der Waals surface area contributed by atoms with Crippen LogP contribution in [0.2, 0.25) is 0 Å². The fourth-order valence-corrected chi connectivity index (χ4v) is 0.231. The molecule has 0 bridgehead atoms. The second-order valence-corrected chi connectivity index (χ2v) is 1.20. The standard InChI is InChI=1S/C4H7FO4/c1-7-3-8-2-4(6)9-5/h2-3H2,1H3. The van der Waals surface area contributed by atoms with Crippen molar-refractivity contribution in [3.63, 3.8) is 0 Å². The van der Waals surface area contributed by atoms with Crippen LogP contribution in [0.25, 0.3) is 0 Å². The van der Waals surface area contributed by atoms with Crippen molar-refractivity contribution >= 4 is 5.97 Å². The van der Waals surface area contributed by atoms with Crippen molar-refractivity contribution in [3.8, 4) is 0 Å². The molecule has 54 valence electrons. The molecule has 0 aliphatic rings. The molecule has 0 heterocycles. The van der Waals surface area contributed by atoms with Crippen LogP contribution in [-0.2, 0) is 19.2 Å². The Hall–Kier alpha value is -0.680. The van der Waals surface area contributed by atoms with Crippen LogP contribution < -0.4 is 0 Å². The minimum absolute atomic E-state index is 0.0465. The van der Waals surface area contributed by atoms with Crippen molar-refractivity contribution in [2.75, 3.05) is 20.5 Å². The van der Waals surface area contributed by atoms with E-state index in [4.69, 9.17) is 0 Å². The maximum Gasteiger partial charge on any atom is 0.374 e. The molecule has 0 N–H and O–H groups in total. The number of ether oxygens (including phenoxy) is 2. The molecule has 0 atom stereocenters. The molecule has 0 amide bonds. The van der Waals surface area contributed by atoms with Gasteiger partial charge in [-0.15, -0.1) is 0 Å². The van der Waals surface area contributed by atoms with E-state index < -0.39 is 12.6 Å². The Kier molecular flexibility index (Phi) is 5.04. The van der Waals surface area contributed by atoms with Crippen LogP contribution in [0.1, 0.15) is 0 Å². The maximum absolute atomic E-state index is 10.8. The Morgan fingerprint density at radius 2 is 2.33 bits per heavy atom. The number of carbonyl (C=O) groups excluding carboxylic acids is 1. The first-order valence-corrected chi connectivity index (χ1v) is 2.19. The third-order valence-corrected chi connectivity index (χ3v) is 0.507. The molecule has 0 aliphatic heterocycles. The average Bonchev–Trinajstić information content (AvgIpc) is 1.89. The Morgan fingerprint density at radius 1 is 1.67 bits per heavy atom. The average molecular weight is 138 g/mol. The predicted molar refractivity (Wildman–Crippen MR) is 25.0 cm³/mol. The Balaban J connectivity index is 2.97. The zero-order valence-corrected chi connectivity index (χ0v) is 4.93. The van der Waals surface area contributed by atoms with Crippen molar-refractivity contribution in [3.05, 3.63) is 0 Å². The van der Waals surface area contributed by atoms with Gasteiger partial charge in [-0.05, 0) is 0 Å². The van der Waals surface area contributed by atoms with Crippen LogP contribution in [0.4, 0.5) is 4.53 Å². The molecule has 0 aliphatic carbocycles. The highest BCUT2D eigenvalue weighted by Crippen LogP contribution is 1.80. The molecule has 0 aromatic rings. The Morgan fingerprint density at radius 3 is 2.78 bits per heavy atom. The van der Waals surface area contributed by atoms with Crippen molar-refractivity contribution in [1.29, 1.82) is 0 Å². The van der Waals surface area contributed by atoms with Crippen LogP contribution in [0, 0.1) is 0 Å². The van der Waals surface area contributed by atoms with Crippen molar-refractivity contribution in [2.24, 2.45) is 0 Å². The first kappa shape index (κ1) is 8.32. The molecule has 0 saturated heterocycles. The molecular weight excluding hydrogens is 131 g/mol. The third-order valence-electron chi connectivity index (χ3n) is 0.507. The first-order chi connectivity index (χ1) is 4.31. The van der Waals surface area contributed by atoms with Gasteiger partial charge in [-0.2, -0.15) is 0 Å². The lowest BCUT2D eigenvalue weighted by Gasteiger charge is -1.96. The molecule has 0 unspecified atom stereocenters. The van der Waals surface area contributed by atoms with Gasteiger partial charge >= 0.3 is 5.97 Å². The van der Waals surface area contributed by atoms with Gasteiger partial charge in [0.15, 0.2) is 6.61 Å². The molecule has 9 heavy (non-hydrogen) atoms.